The summed E-state index contributed by atoms with van der Waals surface area (Å²) in [5.74, 6) is 0.609. The number of hydrogen-bond acceptors (Lipinski definition) is 4. The topological polar surface area (TPSA) is 98.5 Å². The van der Waals surface area contributed by atoms with Crippen LogP contribution in [0.2, 0.25) is 0 Å². The van der Waals surface area contributed by atoms with Crippen molar-refractivity contribution in [2.45, 2.75) is 25.2 Å². The van der Waals surface area contributed by atoms with Crippen LogP contribution in [0, 0.1) is 5.92 Å². The Morgan fingerprint density at radius 2 is 2.05 bits per heavy atom. The molecule has 0 unspecified atom stereocenters. The van der Waals surface area contributed by atoms with E-state index in [0.717, 1.165) is 0 Å². The van der Waals surface area contributed by atoms with Crippen LogP contribution in [0.5, 0.6) is 5.75 Å². The number of amides is 1. The van der Waals surface area contributed by atoms with Gasteiger partial charge in [-0.2, -0.15) is 0 Å². The number of carbonyl (C=O) groups is 1. The minimum Gasteiger partial charge on any atom is -0.496 e. The Morgan fingerprint density at radius 1 is 1.40 bits per heavy atom. The van der Waals surface area contributed by atoms with E-state index in [1.807, 2.05) is 13.8 Å². The van der Waals surface area contributed by atoms with E-state index < -0.39 is 10.0 Å². The van der Waals surface area contributed by atoms with Gasteiger partial charge in [0.15, 0.2) is 0 Å². The van der Waals surface area contributed by atoms with Crippen LogP contribution in [0.25, 0.3) is 0 Å². The molecule has 112 valence electrons. The number of nitrogens with two attached hydrogens (primary N) is 1. The van der Waals surface area contributed by atoms with Crippen molar-refractivity contribution < 1.29 is 17.9 Å². The van der Waals surface area contributed by atoms with Gasteiger partial charge < -0.3 is 10.1 Å². The molecule has 20 heavy (non-hydrogen) atoms. The summed E-state index contributed by atoms with van der Waals surface area (Å²) in [6, 6.07) is 4.21. The van der Waals surface area contributed by atoms with Gasteiger partial charge in [0.2, 0.25) is 15.9 Å². The SMILES string of the molecule is COc1ccc(S(N)(=O)=O)cc1CC(=O)NCC(C)C. The monoisotopic (exact) mass is 300 g/mol. The third-order valence-corrected chi connectivity index (χ3v) is 3.55. The summed E-state index contributed by atoms with van der Waals surface area (Å²) >= 11 is 0. The van der Waals surface area contributed by atoms with Crippen LogP contribution in [-0.2, 0) is 21.2 Å². The molecule has 0 radical (unpaired) electrons. The molecule has 1 aromatic rings. The molecule has 0 spiro atoms. The highest BCUT2D eigenvalue weighted by Crippen LogP contribution is 2.22. The first kappa shape index (κ1) is 16.5. The number of methoxy groups -OCH3 is 1. The maximum atomic E-state index is 11.8. The van der Waals surface area contributed by atoms with Crippen molar-refractivity contribution in [1.29, 1.82) is 0 Å². The number of hydrogen-bond donors (Lipinski definition) is 2. The zero-order valence-corrected chi connectivity index (χ0v) is 12.7. The van der Waals surface area contributed by atoms with Crippen LogP contribution in [-0.4, -0.2) is 28.0 Å². The second-order valence-electron chi connectivity index (χ2n) is 4.89. The van der Waals surface area contributed by atoms with E-state index >= 15 is 0 Å². The summed E-state index contributed by atoms with van der Waals surface area (Å²) in [5, 5.41) is 7.84. The lowest BCUT2D eigenvalue weighted by molar-refractivity contribution is -0.120. The lowest BCUT2D eigenvalue weighted by Gasteiger charge is -2.11. The molecule has 7 heteroatoms. The van der Waals surface area contributed by atoms with Crippen LogP contribution >= 0.6 is 0 Å². The van der Waals surface area contributed by atoms with Gasteiger partial charge in [0.05, 0.1) is 18.4 Å². The van der Waals surface area contributed by atoms with E-state index in [-0.39, 0.29) is 17.2 Å². The molecule has 0 aliphatic rings. The second kappa shape index (κ2) is 6.71. The molecule has 1 aromatic carbocycles. The Labute approximate surface area is 119 Å². The van der Waals surface area contributed by atoms with Crippen LogP contribution in [0.1, 0.15) is 19.4 Å². The highest BCUT2D eigenvalue weighted by Gasteiger charge is 2.14. The zero-order valence-electron chi connectivity index (χ0n) is 11.8. The zero-order chi connectivity index (χ0) is 15.3. The maximum absolute atomic E-state index is 11.8. The quantitative estimate of drug-likeness (QED) is 0.806. The van der Waals surface area contributed by atoms with Gasteiger partial charge in [0.1, 0.15) is 5.75 Å². The summed E-state index contributed by atoms with van der Waals surface area (Å²) in [5.41, 5.74) is 0.486. The molecule has 6 nitrogen and oxygen atoms in total. The molecule has 0 saturated heterocycles. The minimum absolute atomic E-state index is 0.0371. The normalized spacial score (nSPS) is 11.4. The Hall–Kier alpha value is -1.60. The Bertz CT molecular complexity index is 582. The van der Waals surface area contributed by atoms with Crippen molar-refractivity contribution in [3.8, 4) is 5.75 Å². The first-order valence-electron chi connectivity index (χ1n) is 6.20. The summed E-state index contributed by atoms with van der Waals surface area (Å²) in [6.45, 7) is 4.54. The number of benzene rings is 1. The van der Waals surface area contributed by atoms with Gasteiger partial charge in [-0.25, -0.2) is 13.6 Å². The third kappa shape index (κ3) is 4.82. The lowest BCUT2D eigenvalue weighted by Crippen LogP contribution is -2.28. The standard InChI is InChI=1S/C13H20N2O4S/c1-9(2)8-15-13(16)7-10-6-11(20(14,17)18)4-5-12(10)19-3/h4-6,9H,7-8H2,1-3H3,(H,15,16)(H2,14,17,18). The smallest absolute Gasteiger partial charge is 0.238 e. The second-order valence-corrected chi connectivity index (χ2v) is 6.45. The molecule has 0 aliphatic heterocycles. The number of sulfonamides is 1. The molecule has 0 fully saturated rings. The molecule has 3 N–H and O–H groups in total. The fourth-order valence-corrected chi connectivity index (χ4v) is 2.19. The molecule has 0 aliphatic carbocycles. The number of primary sulfonamides is 1. The van der Waals surface area contributed by atoms with Crippen molar-refractivity contribution in [2.75, 3.05) is 13.7 Å². The highest BCUT2D eigenvalue weighted by atomic mass is 32.2. The third-order valence-electron chi connectivity index (χ3n) is 2.64. The van der Waals surface area contributed by atoms with Gasteiger partial charge in [-0.05, 0) is 24.1 Å². The van der Waals surface area contributed by atoms with Crippen LogP contribution < -0.4 is 15.2 Å². The summed E-state index contributed by atoms with van der Waals surface area (Å²) in [7, 11) is -2.34. The molecule has 1 amide bonds. The van der Waals surface area contributed by atoms with Gasteiger partial charge >= 0.3 is 0 Å². The number of ether oxygens (including phenoxy) is 1. The largest absolute Gasteiger partial charge is 0.496 e. The van der Waals surface area contributed by atoms with Gasteiger partial charge in [0, 0.05) is 12.1 Å². The Kier molecular flexibility index (Phi) is 5.52. The maximum Gasteiger partial charge on any atom is 0.238 e. The minimum atomic E-state index is -3.80. The highest BCUT2D eigenvalue weighted by molar-refractivity contribution is 7.89. The summed E-state index contributed by atoms with van der Waals surface area (Å²) in [6.07, 6.45) is 0.0409. The van der Waals surface area contributed by atoms with Gasteiger partial charge in [0.25, 0.3) is 0 Å². The van der Waals surface area contributed by atoms with E-state index in [4.69, 9.17) is 9.88 Å². The molecule has 0 heterocycles. The van der Waals surface area contributed by atoms with E-state index in [1.54, 1.807) is 0 Å². The van der Waals surface area contributed by atoms with E-state index in [0.29, 0.717) is 23.8 Å². The predicted octanol–water partition coefficient (Wildman–Crippen LogP) is 0.657. The van der Waals surface area contributed by atoms with Crippen LogP contribution in [0.3, 0.4) is 0 Å². The fourth-order valence-electron chi connectivity index (χ4n) is 1.62. The van der Waals surface area contributed by atoms with E-state index in [9.17, 15) is 13.2 Å². The Balaban J connectivity index is 2.95. The number of rotatable bonds is 6. The van der Waals surface area contributed by atoms with Gasteiger partial charge in [-0.3, -0.25) is 4.79 Å². The van der Waals surface area contributed by atoms with E-state index in [1.165, 1.54) is 25.3 Å². The molecule has 0 bridgehead atoms. The molecule has 0 saturated carbocycles. The van der Waals surface area contributed by atoms with Crippen molar-refractivity contribution in [1.82, 2.24) is 5.32 Å². The van der Waals surface area contributed by atoms with E-state index in [2.05, 4.69) is 5.32 Å². The predicted molar refractivity (Wildman–Crippen MR) is 75.9 cm³/mol. The summed E-state index contributed by atoms with van der Waals surface area (Å²) in [4.78, 5) is 11.8. The van der Waals surface area contributed by atoms with Crippen molar-refractivity contribution in [3.05, 3.63) is 23.8 Å². The van der Waals surface area contributed by atoms with Crippen molar-refractivity contribution in [3.63, 3.8) is 0 Å². The summed E-state index contributed by atoms with van der Waals surface area (Å²) < 4.78 is 27.8. The van der Waals surface area contributed by atoms with Crippen molar-refractivity contribution in [2.24, 2.45) is 11.1 Å². The molecular formula is C13H20N2O4S. The molecule has 1 rings (SSSR count). The first-order chi connectivity index (χ1) is 9.24. The van der Waals surface area contributed by atoms with Gasteiger partial charge in [-0.15, -0.1) is 0 Å². The molecular weight excluding hydrogens is 280 g/mol. The number of nitrogens with one attached hydrogen (secondary N) is 1. The molecule has 0 atom stereocenters. The van der Waals surface area contributed by atoms with Crippen LogP contribution in [0.4, 0.5) is 0 Å². The van der Waals surface area contributed by atoms with Crippen LogP contribution in [0.15, 0.2) is 23.1 Å². The number of carbonyl (C=O) groups excluding carboxylic acids is 1. The van der Waals surface area contributed by atoms with Crippen molar-refractivity contribution >= 4 is 15.9 Å². The Morgan fingerprint density at radius 3 is 2.55 bits per heavy atom. The average Bonchev–Trinajstić information content (AvgIpc) is 2.35. The lowest BCUT2D eigenvalue weighted by atomic mass is 10.1. The van der Waals surface area contributed by atoms with Gasteiger partial charge in [-0.1, -0.05) is 13.8 Å². The average molecular weight is 300 g/mol. The molecule has 0 aromatic heterocycles. The first-order valence-corrected chi connectivity index (χ1v) is 7.75. The fraction of sp³-hybridized carbons (Fsp3) is 0.462.